The summed E-state index contributed by atoms with van der Waals surface area (Å²) in [6.45, 7) is -0.855. The van der Waals surface area contributed by atoms with Crippen molar-refractivity contribution in [2.75, 3.05) is 25.8 Å². The normalized spacial score (nSPS) is 18.1. The Hall–Kier alpha value is -2.72. The highest BCUT2D eigenvalue weighted by Crippen LogP contribution is 2.32. The molecule has 0 saturated carbocycles. The van der Waals surface area contributed by atoms with E-state index in [2.05, 4.69) is 0 Å². The van der Waals surface area contributed by atoms with Gasteiger partial charge in [0.2, 0.25) is 0 Å². The number of hydrogen-bond donors (Lipinski definition) is 4. The van der Waals surface area contributed by atoms with Crippen molar-refractivity contribution < 1.29 is 30.3 Å². The molecule has 1 fully saturated rings. The second-order valence-corrected chi connectivity index (χ2v) is 9.40. The summed E-state index contributed by atoms with van der Waals surface area (Å²) in [6.07, 6.45) is -2.41. The van der Waals surface area contributed by atoms with Crippen molar-refractivity contribution in [3.05, 3.63) is 79.9 Å². The predicted molar refractivity (Wildman–Crippen MR) is 131 cm³/mol. The molecule has 0 bridgehead atoms. The third-order valence-electron chi connectivity index (χ3n) is 5.79. The number of nitro groups is 2. The van der Waals surface area contributed by atoms with Gasteiger partial charge in [0.05, 0.1) is 53.8 Å². The smallest absolute Gasteiger partial charge is 0.269 e. The van der Waals surface area contributed by atoms with Crippen LogP contribution in [0.3, 0.4) is 0 Å². The first-order valence-corrected chi connectivity index (χ1v) is 11.8. The van der Waals surface area contributed by atoms with Gasteiger partial charge in [-0.3, -0.25) is 25.1 Å². The molecule has 2 unspecified atom stereocenters. The van der Waals surface area contributed by atoms with E-state index in [1.165, 1.54) is 60.3 Å². The number of rotatable bonds is 10. The third-order valence-corrected chi connectivity index (χ3v) is 7.32. The quantitative estimate of drug-likeness (QED) is 0.201. The average molecular weight is 525 g/mol. The summed E-state index contributed by atoms with van der Waals surface area (Å²) >= 11 is 6.65. The van der Waals surface area contributed by atoms with Crippen LogP contribution in [0.4, 0.5) is 11.4 Å². The lowest BCUT2D eigenvalue weighted by molar-refractivity contribution is -0.385. The molecule has 3 rings (SSSR count). The minimum atomic E-state index is -1.23. The second kappa shape index (κ2) is 11.8. The molecule has 4 N–H and O–H groups in total. The molecular weight excluding hydrogens is 500 g/mol. The van der Waals surface area contributed by atoms with Crippen molar-refractivity contribution in [3.63, 3.8) is 0 Å². The number of non-ortho nitro benzene ring substituents is 2. The lowest BCUT2D eigenvalue weighted by atomic mass is 10.0. The van der Waals surface area contributed by atoms with Crippen molar-refractivity contribution in [2.45, 2.75) is 24.3 Å². The highest BCUT2D eigenvalue weighted by molar-refractivity contribution is 8.22. The molecule has 2 aromatic carbocycles. The molecule has 0 radical (unpaired) electrons. The van der Waals surface area contributed by atoms with Crippen LogP contribution in [-0.4, -0.2) is 82.2 Å². The molecule has 2 aromatic rings. The first kappa shape index (κ1) is 26.9. The molecule has 1 aliphatic rings. The maximum atomic E-state index is 10.9. The molecule has 12 nitrogen and oxygen atoms in total. The van der Waals surface area contributed by atoms with Crippen molar-refractivity contribution in [3.8, 4) is 0 Å². The topological polar surface area (TPSA) is 174 Å². The predicted octanol–water partition coefficient (Wildman–Crippen LogP) is 1.54. The number of thiocarbonyl (C=S) groups is 1. The van der Waals surface area contributed by atoms with Crippen LogP contribution in [0.1, 0.15) is 23.3 Å². The van der Waals surface area contributed by atoms with Gasteiger partial charge >= 0.3 is 0 Å². The third kappa shape index (κ3) is 6.10. The Bertz CT molecular complexity index is 1060. The van der Waals surface area contributed by atoms with Crippen molar-refractivity contribution in [1.82, 2.24) is 9.80 Å². The molecule has 0 amide bonds. The highest BCUT2D eigenvalue weighted by atomic mass is 32.2. The Morgan fingerprint density at radius 1 is 0.857 bits per heavy atom. The standard InChI is InChI=1S/C21H24N4O8S2/c26-9-17(19(28)13-1-5-15(6-2-13)24(30)31)22-11-23(21(34)35-12-22)18(10-27)20(29)14-3-7-16(8-4-14)25(32)33/h1-8,17-20,26-29H,9-12H2/t17?,18?,19-,20+/m0/s1. The van der Waals surface area contributed by atoms with Crippen LogP contribution >= 0.6 is 24.0 Å². The van der Waals surface area contributed by atoms with Crippen LogP contribution in [0.5, 0.6) is 0 Å². The van der Waals surface area contributed by atoms with Gasteiger partial charge in [-0.25, -0.2) is 0 Å². The monoisotopic (exact) mass is 524 g/mol. The van der Waals surface area contributed by atoms with Crippen LogP contribution in [0.2, 0.25) is 0 Å². The molecule has 35 heavy (non-hydrogen) atoms. The molecule has 4 atom stereocenters. The molecule has 1 aliphatic heterocycles. The van der Waals surface area contributed by atoms with Gasteiger partial charge in [0.25, 0.3) is 11.4 Å². The summed E-state index contributed by atoms with van der Waals surface area (Å²) in [4.78, 5) is 24.0. The van der Waals surface area contributed by atoms with E-state index in [1.807, 2.05) is 0 Å². The van der Waals surface area contributed by atoms with Crippen LogP contribution in [0.25, 0.3) is 0 Å². The van der Waals surface area contributed by atoms with Gasteiger partial charge in [-0.2, -0.15) is 0 Å². The number of nitrogens with zero attached hydrogens (tertiary/aromatic N) is 4. The Kier molecular flexibility index (Phi) is 9.07. The van der Waals surface area contributed by atoms with E-state index < -0.39 is 47.4 Å². The number of nitro benzene ring substituents is 2. The molecular formula is C21H24N4O8S2. The zero-order valence-corrected chi connectivity index (χ0v) is 19.9. The van der Waals surface area contributed by atoms with Crippen LogP contribution < -0.4 is 0 Å². The first-order valence-electron chi connectivity index (χ1n) is 10.4. The molecule has 0 aliphatic carbocycles. The Morgan fingerprint density at radius 3 is 1.69 bits per heavy atom. The van der Waals surface area contributed by atoms with Gasteiger partial charge in [0, 0.05) is 24.3 Å². The zero-order valence-electron chi connectivity index (χ0n) is 18.3. The minimum absolute atomic E-state index is 0.0658. The molecule has 1 heterocycles. The fourth-order valence-electron chi connectivity index (χ4n) is 3.77. The second-order valence-electron chi connectivity index (χ2n) is 7.83. The van der Waals surface area contributed by atoms with E-state index in [-0.39, 0.29) is 18.0 Å². The van der Waals surface area contributed by atoms with Gasteiger partial charge in [-0.15, -0.1) is 0 Å². The summed E-state index contributed by atoms with van der Waals surface area (Å²) in [5.74, 6) is 0.316. The lowest BCUT2D eigenvalue weighted by Crippen LogP contribution is -2.56. The fraction of sp³-hybridized carbons (Fsp3) is 0.381. The molecule has 0 spiro atoms. The molecule has 14 heteroatoms. The van der Waals surface area contributed by atoms with Crippen molar-refractivity contribution >= 4 is 39.7 Å². The minimum Gasteiger partial charge on any atom is -0.395 e. The van der Waals surface area contributed by atoms with E-state index in [0.29, 0.717) is 21.3 Å². The number of thioether (sulfide) groups is 1. The fourth-order valence-corrected chi connectivity index (χ4v) is 5.03. The number of aliphatic hydroxyl groups excluding tert-OH is 4. The molecule has 188 valence electrons. The van der Waals surface area contributed by atoms with Gasteiger partial charge in [-0.1, -0.05) is 24.0 Å². The van der Waals surface area contributed by atoms with Crippen LogP contribution in [-0.2, 0) is 0 Å². The SMILES string of the molecule is O=[N+]([O-])c1ccc([C@@H](O)C(CO)N2CN(C(CO)[C@@H](O)c3ccc([N+](=O)[O-])cc3)CSC2=S)cc1. The molecule has 1 saturated heterocycles. The van der Waals surface area contributed by atoms with Crippen LogP contribution in [0, 0.1) is 20.2 Å². The van der Waals surface area contributed by atoms with E-state index in [1.54, 1.807) is 9.80 Å². The highest BCUT2D eigenvalue weighted by Gasteiger charge is 2.37. The maximum absolute atomic E-state index is 10.9. The van der Waals surface area contributed by atoms with Gasteiger partial charge in [0.1, 0.15) is 10.4 Å². The lowest BCUT2D eigenvalue weighted by Gasteiger charge is -2.45. The van der Waals surface area contributed by atoms with E-state index in [9.17, 15) is 40.7 Å². The summed E-state index contributed by atoms with van der Waals surface area (Å²) in [7, 11) is 0. The Labute approximate surface area is 209 Å². The van der Waals surface area contributed by atoms with E-state index >= 15 is 0 Å². The Balaban J connectivity index is 1.78. The van der Waals surface area contributed by atoms with Crippen molar-refractivity contribution in [2.24, 2.45) is 0 Å². The van der Waals surface area contributed by atoms with Crippen molar-refractivity contribution in [1.29, 1.82) is 0 Å². The summed E-state index contributed by atoms with van der Waals surface area (Å²) in [6, 6.07) is 8.98. The van der Waals surface area contributed by atoms with Gasteiger partial charge < -0.3 is 25.3 Å². The number of benzene rings is 2. The van der Waals surface area contributed by atoms with E-state index in [0.717, 1.165) is 0 Å². The van der Waals surface area contributed by atoms with Gasteiger partial charge in [0.15, 0.2) is 0 Å². The van der Waals surface area contributed by atoms with Gasteiger partial charge in [-0.05, 0) is 35.4 Å². The molecule has 0 aromatic heterocycles. The van der Waals surface area contributed by atoms with Crippen LogP contribution in [0.15, 0.2) is 48.5 Å². The summed E-state index contributed by atoms with van der Waals surface area (Å²) < 4.78 is 0.391. The first-order chi connectivity index (χ1) is 16.7. The maximum Gasteiger partial charge on any atom is 0.269 e. The average Bonchev–Trinajstić information content (AvgIpc) is 2.86. The summed E-state index contributed by atoms with van der Waals surface area (Å²) in [5.41, 5.74) is 0.466. The number of hydrogen-bond acceptors (Lipinski definition) is 11. The number of aliphatic hydroxyl groups is 4. The largest absolute Gasteiger partial charge is 0.395 e. The zero-order chi connectivity index (χ0) is 25.7. The van der Waals surface area contributed by atoms with E-state index in [4.69, 9.17) is 12.2 Å². The summed E-state index contributed by atoms with van der Waals surface area (Å²) in [5, 5.41) is 63.7. The Morgan fingerprint density at radius 2 is 1.29 bits per heavy atom.